The highest BCUT2D eigenvalue weighted by Gasteiger charge is 2.22. The standard InChI is InChI=1S/C25H23N7O3S2/c1-3-13-31-22(17-37(34,35)21-11-9-18(2)10-12-21)29-30-25(31)36-16-23(33)28-24-19(14-26)15-27-32(24)20-7-5-4-6-8-20/h3-12,15H,1,13,16-17H2,2H3,(H,28,33). The van der Waals surface area contributed by atoms with E-state index in [1.54, 1.807) is 34.9 Å². The smallest absolute Gasteiger partial charge is 0.236 e. The van der Waals surface area contributed by atoms with Crippen LogP contribution in [-0.4, -0.2) is 44.6 Å². The summed E-state index contributed by atoms with van der Waals surface area (Å²) in [7, 11) is -3.65. The van der Waals surface area contributed by atoms with E-state index in [0.29, 0.717) is 10.8 Å². The molecule has 0 radical (unpaired) electrons. The van der Waals surface area contributed by atoms with Crippen molar-refractivity contribution in [2.24, 2.45) is 0 Å². The van der Waals surface area contributed by atoms with E-state index in [-0.39, 0.29) is 46.1 Å². The quantitative estimate of drug-likeness (QED) is 0.242. The largest absolute Gasteiger partial charge is 0.309 e. The van der Waals surface area contributed by atoms with Gasteiger partial charge >= 0.3 is 0 Å². The maximum absolute atomic E-state index is 12.9. The van der Waals surface area contributed by atoms with Crippen LogP contribution >= 0.6 is 11.8 Å². The summed E-state index contributed by atoms with van der Waals surface area (Å²) in [6.45, 7) is 5.89. The van der Waals surface area contributed by atoms with E-state index >= 15 is 0 Å². The van der Waals surface area contributed by atoms with Crippen molar-refractivity contribution in [1.82, 2.24) is 24.5 Å². The van der Waals surface area contributed by atoms with Crippen LogP contribution in [0.1, 0.15) is 17.0 Å². The number of rotatable bonds is 10. The number of anilines is 1. The number of nitrogens with one attached hydrogen (secondary N) is 1. The van der Waals surface area contributed by atoms with Crippen LogP contribution in [0.5, 0.6) is 0 Å². The lowest BCUT2D eigenvalue weighted by Gasteiger charge is -2.10. The summed E-state index contributed by atoms with van der Waals surface area (Å²) in [5, 5.41) is 25.0. The van der Waals surface area contributed by atoms with Gasteiger partial charge in [0.2, 0.25) is 5.91 Å². The summed E-state index contributed by atoms with van der Waals surface area (Å²) in [5.74, 6) is -0.272. The molecule has 2 aromatic heterocycles. The zero-order valence-electron chi connectivity index (χ0n) is 19.9. The fraction of sp³-hybridized carbons (Fsp3) is 0.160. The number of carbonyl (C=O) groups excluding carboxylic acids is 1. The van der Waals surface area contributed by atoms with E-state index in [1.807, 2.05) is 43.3 Å². The minimum atomic E-state index is -3.65. The van der Waals surface area contributed by atoms with E-state index < -0.39 is 9.84 Å². The third kappa shape index (κ3) is 5.96. The van der Waals surface area contributed by atoms with Gasteiger partial charge in [0, 0.05) is 6.54 Å². The number of aromatic nitrogens is 5. The number of allylic oxidation sites excluding steroid dienone is 1. The molecular weight excluding hydrogens is 510 g/mol. The van der Waals surface area contributed by atoms with Crippen molar-refractivity contribution in [3.8, 4) is 11.8 Å². The Kier molecular flexibility index (Phi) is 7.86. The van der Waals surface area contributed by atoms with Crippen molar-refractivity contribution in [1.29, 1.82) is 5.26 Å². The first kappa shape index (κ1) is 25.9. The Labute approximate surface area is 218 Å². The average Bonchev–Trinajstić information content (AvgIpc) is 3.47. The van der Waals surface area contributed by atoms with E-state index in [4.69, 9.17) is 0 Å². The number of hydrogen-bond acceptors (Lipinski definition) is 8. The SMILES string of the molecule is C=CCn1c(CS(=O)(=O)c2ccc(C)cc2)nnc1SCC(=O)Nc1c(C#N)cnn1-c1ccccc1. The van der Waals surface area contributed by atoms with Gasteiger partial charge in [-0.25, -0.2) is 13.1 Å². The topological polar surface area (TPSA) is 136 Å². The van der Waals surface area contributed by atoms with Crippen LogP contribution in [0.25, 0.3) is 5.69 Å². The molecule has 10 nitrogen and oxygen atoms in total. The molecule has 188 valence electrons. The summed E-state index contributed by atoms with van der Waals surface area (Å²) in [6, 6.07) is 17.8. The molecule has 0 atom stereocenters. The Morgan fingerprint density at radius 2 is 1.89 bits per heavy atom. The number of benzene rings is 2. The van der Waals surface area contributed by atoms with Crippen molar-refractivity contribution < 1.29 is 13.2 Å². The molecule has 37 heavy (non-hydrogen) atoms. The summed E-state index contributed by atoms with van der Waals surface area (Å²) in [5.41, 5.74) is 1.87. The van der Waals surface area contributed by atoms with Crippen LogP contribution in [0.2, 0.25) is 0 Å². The van der Waals surface area contributed by atoms with Crippen molar-refractivity contribution in [3.05, 3.63) is 90.4 Å². The number of nitriles is 1. The highest BCUT2D eigenvalue weighted by molar-refractivity contribution is 7.99. The molecule has 0 aliphatic rings. The number of carbonyl (C=O) groups is 1. The first-order chi connectivity index (χ1) is 17.8. The molecule has 0 bridgehead atoms. The second kappa shape index (κ2) is 11.2. The maximum Gasteiger partial charge on any atom is 0.236 e. The van der Waals surface area contributed by atoms with Crippen LogP contribution in [0.3, 0.4) is 0 Å². The second-order valence-electron chi connectivity index (χ2n) is 7.97. The first-order valence-corrected chi connectivity index (χ1v) is 13.7. The molecule has 1 amide bonds. The van der Waals surface area contributed by atoms with Gasteiger partial charge in [-0.3, -0.25) is 4.79 Å². The number of para-hydroxylation sites is 1. The van der Waals surface area contributed by atoms with Gasteiger partial charge in [0.1, 0.15) is 23.2 Å². The molecule has 2 aromatic carbocycles. The molecule has 2 heterocycles. The molecule has 4 rings (SSSR count). The van der Waals surface area contributed by atoms with Crippen molar-refractivity contribution >= 4 is 33.3 Å². The third-order valence-electron chi connectivity index (χ3n) is 5.28. The Bertz CT molecular complexity index is 1570. The molecule has 0 unspecified atom stereocenters. The second-order valence-corrected chi connectivity index (χ2v) is 10.9. The lowest BCUT2D eigenvalue weighted by atomic mass is 10.2. The molecule has 0 aliphatic carbocycles. The van der Waals surface area contributed by atoms with Gasteiger partial charge in [0.05, 0.1) is 22.5 Å². The normalized spacial score (nSPS) is 11.1. The Morgan fingerprint density at radius 3 is 2.57 bits per heavy atom. The molecular formula is C25H23N7O3S2. The van der Waals surface area contributed by atoms with E-state index in [9.17, 15) is 18.5 Å². The van der Waals surface area contributed by atoms with Crippen LogP contribution in [0.15, 0.2) is 83.5 Å². The van der Waals surface area contributed by atoms with Crippen molar-refractivity contribution in [2.75, 3.05) is 11.1 Å². The van der Waals surface area contributed by atoms with E-state index in [0.717, 1.165) is 17.3 Å². The average molecular weight is 534 g/mol. The van der Waals surface area contributed by atoms with Gasteiger partial charge in [-0.1, -0.05) is 53.7 Å². The van der Waals surface area contributed by atoms with Gasteiger partial charge in [-0.2, -0.15) is 10.4 Å². The zero-order valence-corrected chi connectivity index (χ0v) is 21.5. The van der Waals surface area contributed by atoms with Crippen LogP contribution in [0.4, 0.5) is 5.82 Å². The number of sulfone groups is 1. The lowest BCUT2D eigenvalue weighted by Crippen LogP contribution is -2.18. The van der Waals surface area contributed by atoms with E-state index in [1.165, 1.54) is 10.9 Å². The number of nitrogens with zero attached hydrogens (tertiary/aromatic N) is 6. The highest BCUT2D eigenvalue weighted by atomic mass is 32.2. The number of amides is 1. The van der Waals surface area contributed by atoms with Crippen LogP contribution in [0, 0.1) is 18.3 Å². The van der Waals surface area contributed by atoms with Gasteiger partial charge < -0.3 is 9.88 Å². The molecule has 12 heteroatoms. The Morgan fingerprint density at radius 1 is 1.16 bits per heavy atom. The summed E-state index contributed by atoms with van der Waals surface area (Å²) < 4.78 is 28.9. The first-order valence-electron chi connectivity index (χ1n) is 11.1. The third-order valence-corrected chi connectivity index (χ3v) is 7.88. The van der Waals surface area contributed by atoms with Gasteiger partial charge in [0.25, 0.3) is 0 Å². The highest BCUT2D eigenvalue weighted by Crippen LogP contribution is 2.23. The van der Waals surface area contributed by atoms with Crippen LogP contribution < -0.4 is 5.32 Å². The van der Waals surface area contributed by atoms with Crippen LogP contribution in [-0.2, 0) is 26.9 Å². The minimum Gasteiger partial charge on any atom is -0.309 e. The summed E-state index contributed by atoms with van der Waals surface area (Å²) in [4.78, 5) is 13.0. The zero-order chi connectivity index (χ0) is 26.4. The molecule has 0 aliphatic heterocycles. The number of aryl methyl sites for hydroxylation is 1. The molecule has 0 saturated heterocycles. The molecule has 0 spiro atoms. The fourth-order valence-electron chi connectivity index (χ4n) is 3.46. The van der Waals surface area contributed by atoms with Crippen molar-refractivity contribution in [3.63, 3.8) is 0 Å². The molecule has 0 fully saturated rings. The molecule has 0 saturated carbocycles. The van der Waals surface area contributed by atoms with E-state index in [2.05, 4.69) is 27.2 Å². The fourth-order valence-corrected chi connectivity index (χ4v) is 5.50. The molecule has 4 aromatic rings. The number of hydrogen-bond donors (Lipinski definition) is 1. The predicted molar refractivity (Wildman–Crippen MR) is 140 cm³/mol. The van der Waals surface area contributed by atoms with Gasteiger partial charge in [-0.15, -0.1) is 16.8 Å². The van der Waals surface area contributed by atoms with Gasteiger partial charge in [0.15, 0.2) is 20.8 Å². The monoisotopic (exact) mass is 533 g/mol. The molecule has 1 N–H and O–H groups in total. The summed E-state index contributed by atoms with van der Waals surface area (Å²) in [6.07, 6.45) is 2.99. The Hall–Kier alpha value is -4.21. The predicted octanol–water partition coefficient (Wildman–Crippen LogP) is 3.53. The Balaban J connectivity index is 1.49. The van der Waals surface area contributed by atoms with Crippen molar-refractivity contribution in [2.45, 2.75) is 29.3 Å². The number of thioether (sulfide) groups is 1. The summed E-state index contributed by atoms with van der Waals surface area (Å²) >= 11 is 1.10. The van der Waals surface area contributed by atoms with Gasteiger partial charge in [-0.05, 0) is 31.2 Å². The lowest BCUT2D eigenvalue weighted by molar-refractivity contribution is -0.113. The minimum absolute atomic E-state index is 0.0508. The maximum atomic E-state index is 12.9.